The predicted octanol–water partition coefficient (Wildman–Crippen LogP) is 4.15. The molecule has 0 spiro atoms. The summed E-state index contributed by atoms with van der Waals surface area (Å²) in [6.45, 7) is 11.7. The van der Waals surface area contributed by atoms with Gasteiger partial charge in [0, 0.05) is 30.6 Å². The fourth-order valence-corrected chi connectivity index (χ4v) is 1.85. The van der Waals surface area contributed by atoms with Gasteiger partial charge in [-0.3, -0.25) is 15.0 Å². The fourth-order valence-electron chi connectivity index (χ4n) is 1.85. The number of hydrogen-bond donors (Lipinski definition) is 0. The van der Waals surface area contributed by atoms with Crippen LogP contribution in [0.4, 0.5) is 5.69 Å². The molecule has 0 N–H and O–H groups in total. The van der Waals surface area contributed by atoms with E-state index in [1.807, 2.05) is 19.2 Å². The van der Waals surface area contributed by atoms with E-state index in [9.17, 15) is 10.1 Å². The second kappa shape index (κ2) is 8.30. The number of nitro benzene ring substituents is 1. The lowest BCUT2D eigenvalue weighted by atomic mass is 9.98. The molecule has 4 heteroatoms. The maximum absolute atomic E-state index is 10.6. The van der Waals surface area contributed by atoms with E-state index in [0.29, 0.717) is 6.54 Å². The molecule has 1 rings (SSSR count). The van der Waals surface area contributed by atoms with E-state index >= 15 is 0 Å². The van der Waals surface area contributed by atoms with Gasteiger partial charge in [0.25, 0.3) is 5.69 Å². The van der Waals surface area contributed by atoms with Crippen LogP contribution in [0.1, 0.15) is 26.3 Å². The fraction of sp³-hybridized carbons (Fsp3) is 0.368. The maximum atomic E-state index is 10.6. The molecule has 0 radical (unpaired) electrons. The minimum Gasteiger partial charge on any atom is -0.298 e. The highest BCUT2D eigenvalue weighted by molar-refractivity contribution is 5.65. The van der Waals surface area contributed by atoms with Gasteiger partial charge in [-0.15, -0.1) is 0 Å². The van der Waals surface area contributed by atoms with Gasteiger partial charge in [0.05, 0.1) is 4.92 Å². The van der Waals surface area contributed by atoms with Crippen molar-refractivity contribution in [1.29, 1.82) is 0 Å². The minimum atomic E-state index is -0.401. The number of rotatable bonds is 6. The summed E-state index contributed by atoms with van der Waals surface area (Å²) in [7, 11) is 2.00. The third kappa shape index (κ3) is 7.44. The Kier molecular flexibility index (Phi) is 6.74. The van der Waals surface area contributed by atoms with Gasteiger partial charge in [0.1, 0.15) is 0 Å². The van der Waals surface area contributed by atoms with Crippen molar-refractivity contribution in [3.8, 4) is 11.8 Å². The number of non-ortho nitro benzene ring substituents is 1. The average Bonchev–Trinajstić information content (AvgIpc) is 2.45. The van der Waals surface area contributed by atoms with E-state index in [0.717, 1.165) is 17.7 Å². The van der Waals surface area contributed by atoms with Crippen molar-refractivity contribution in [2.45, 2.75) is 20.8 Å². The predicted molar refractivity (Wildman–Crippen MR) is 96.0 cm³/mol. The summed E-state index contributed by atoms with van der Waals surface area (Å²) >= 11 is 0. The second-order valence-corrected chi connectivity index (χ2v) is 6.53. The van der Waals surface area contributed by atoms with Crippen molar-refractivity contribution in [2.75, 3.05) is 20.1 Å². The van der Waals surface area contributed by atoms with Crippen molar-refractivity contribution in [3.63, 3.8) is 0 Å². The van der Waals surface area contributed by atoms with E-state index in [1.54, 1.807) is 12.1 Å². The maximum Gasteiger partial charge on any atom is 0.269 e. The first-order valence-electron chi connectivity index (χ1n) is 7.48. The number of nitro groups is 1. The summed E-state index contributed by atoms with van der Waals surface area (Å²) < 4.78 is 0. The Bertz CT molecular complexity index is 641. The molecule has 0 saturated heterocycles. The third-order valence-corrected chi connectivity index (χ3v) is 3.01. The Labute approximate surface area is 138 Å². The number of hydrogen-bond acceptors (Lipinski definition) is 3. The van der Waals surface area contributed by atoms with Crippen LogP contribution in [0, 0.1) is 27.4 Å². The minimum absolute atomic E-state index is 0.0143. The zero-order chi connectivity index (χ0) is 17.5. The molecule has 0 aliphatic carbocycles. The smallest absolute Gasteiger partial charge is 0.269 e. The number of benzene rings is 1. The molecule has 0 aliphatic rings. The molecular weight excluding hydrogens is 288 g/mol. The number of likely N-dealkylation sites (N-methyl/N-ethyl adjacent to an activating group) is 1. The van der Waals surface area contributed by atoms with Crippen molar-refractivity contribution in [1.82, 2.24) is 4.90 Å². The number of allylic oxidation sites excluding steroid dienone is 1. The van der Waals surface area contributed by atoms with Crippen LogP contribution in [0.25, 0.3) is 5.57 Å². The first-order chi connectivity index (χ1) is 10.7. The Balaban J connectivity index is 2.51. The van der Waals surface area contributed by atoms with Crippen molar-refractivity contribution in [2.24, 2.45) is 5.41 Å². The van der Waals surface area contributed by atoms with Crippen LogP contribution in [0.3, 0.4) is 0 Å². The lowest BCUT2D eigenvalue weighted by Gasteiger charge is -2.16. The molecule has 0 fully saturated rings. The van der Waals surface area contributed by atoms with Crippen LogP contribution >= 0.6 is 0 Å². The van der Waals surface area contributed by atoms with Crippen LogP contribution in [-0.2, 0) is 0 Å². The van der Waals surface area contributed by atoms with Gasteiger partial charge < -0.3 is 0 Å². The number of nitrogens with zero attached hydrogens (tertiary/aromatic N) is 2. The highest BCUT2D eigenvalue weighted by atomic mass is 16.6. The molecule has 0 atom stereocenters. The van der Waals surface area contributed by atoms with Crippen molar-refractivity contribution in [3.05, 3.63) is 58.7 Å². The Morgan fingerprint density at radius 3 is 2.48 bits per heavy atom. The molecule has 0 aliphatic heterocycles. The van der Waals surface area contributed by atoms with Crippen molar-refractivity contribution >= 4 is 11.3 Å². The molecule has 23 heavy (non-hydrogen) atoms. The summed E-state index contributed by atoms with van der Waals surface area (Å²) in [6.07, 6.45) is 3.89. The van der Waals surface area contributed by atoms with Gasteiger partial charge >= 0.3 is 0 Å². The standard InChI is InChI=1S/C19H24N2O2/c1-16(17-9-11-18(12-10-17)21(22)23)15-20(5)14-8-6-7-13-19(2,3)4/h6,8-12H,1,14-15H2,2-5H3/b8-6+. The van der Waals surface area contributed by atoms with E-state index in [-0.39, 0.29) is 11.1 Å². The van der Waals surface area contributed by atoms with Crippen LogP contribution in [0.15, 0.2) is 43.0 Å². The Morgan fingerprint density at radius 2 is 1.96 bits per heavy atom. The lowest BCUT2D eigenvalue weighted by molar-refractivity contribution is -0.384. The van der Waals surface area contributed by atoms with Gasteiger partial charge in [0.15, 0.2) is 0 Å². The van der Waals surface area contributed by atoms with E-state index in [4.69, 9.17) is 0 Å². The van der Waals surface area contributed by atoms with Crippen LogP contribution in [-0.4, -0.2) is 30.0 Å². The molecule has 4 nitrogen and oxygen atoms in total. The zero-order valence-corrected chi connectivity index (χ0v) is 14.3. The van der Waals surface area contributed by atoms with Crippen molar-refractivity contribution < 1.29 is 4.92 Å². The first kappa shape index (κ1) is 18.7. The first-order valence-corrected chi connectivity index (χ1v) is 7.48. The molecular formula is C19H24N2O2. The van der Waals surface area contributed by atoms with Gasteiger partial charge in [-0.25, -0.2) is 0 Å². The quantitative estimate of drug-likeness (QED) is 0.450. The molecule has 0 aromatic heterocycles. The molecule has 122 valence electrons. The molecule has 0 bridgehead atoms. The summed E-state index contributed by atoms with van der Waals surface area (Å²) in [6, 6.07) is 6.48. The molecule has 0 saturated carbocycles. The molecule has 1 aromatic carbocycles. The molecule has 0 unspecified atom stereocenters. The zero-order valence-electron chi connectivity index (χ0n) is 14.3. The third-order valence-electron chi connectivity index (χ3n) is 3.01. The van der Waals surface area contributed by atoms with Gasteiger partial charge in [0.2, 0.25) is 0 Å². The molecule has 0 heterocycles. The lowest BCUT2D eigenvalue weighted by Crippen LogP contribution is -2.20. The van der Waals surface area contributed by atoms with E-state index in [1.165, 1.54) is 12.1 Å². The summed E-state index contributed by atoms with van der Waals surface area (Å²) in [5, 5.41) is 10.6. The highest BCUT2D eigenvalue weighted by Crippen LogP contribution is 2.18. The topological polar surface area (TPSA) is 46.4 Å². The highest BCUT2D eigenvalue weighted by Gasteiger charge is 2.07. The van der Waals surface area contributed by atoms with Crippen LogP contribution in [0.5, 0.6) is 0 Å². The van der Waals surface area contributed by atoms with Crippen LogP contribution < -0.4 is 0 Å². The summed E-state index contributed by atoms with van der Waals surface area (Å²) in [5.74, 6) is 6.19. The molecule has 1 aromatic rings. The van der Waals surface area contributed by atoms with E-state index in [2.05, 4.69) is 44.1 Å². The summed E-state index contributed by atoms with van der Waals surface area (Å²) in [4.78, 5) is 12.4. The molecule has 0 amide bonds. The SMILES string of the molecule is C=C(CN(C)C/C=C/C#CC(C)(C)C)c1ccc([N+](=O)[O-])cc1. The van der Waals surface area contributed by atoms with Gasteiger partial charge in [-0.1, -0.05) is 24.5 Å². The monoisotopic (exact) mass is 312 g/mol. The van der Waals surface area contributed by atoms with Gasteiger partial charge in [-0.2, -0.15) is 0 Å². The largest absolute Gasteiger partial charge is 0.298 e. The Morgan fingerprint density at radius 1 is 1.35 bits per heavy atom. The Hall–Kier alpha value is -2.38. The second-order valence-electron chi connectivity index (χ2n) is 6.53. The van der Waals surface area contributed by atoms with E-state index < -0.39 is 4.92 Å². The average molecular weight is 312 g/mol. The van der Waals surface area contributed by atoms with Gasteiger partial charge in [-0.05, 0) is 57.2 Å². The van der Waals surface area contributed by atoms with Crippen LogP contribution in [0.2, 0.25) is 0 Å². The normalized spacial score (nSPS) is 11.3. The summed E-state index contributed by atoms with van der Waals surface area (Å²) in [5.41, 5.74) is 1.95.